The van der Waals surface area contributed by atoms with Gasteiger partial charge in [-0.1, -0.05) is 30.1 Å². The standard InChI is InChI=1S/C25H21Cl2FN4O4/c1-2-22(33)25(14-29,24(34)32-8-4-3-5-9-32)36-21-12-20(16(27)11-17(21)28)35-23-13-30-19-10-15(26)6-7-18(19)31-23/h6-7,10-13H,2-5,8-9H2,1H3. The van der Waals surface area contributed by atoms with Crippen LogP contribution in [0.1, 0.15) is 32.6 Å². The quantitative estimate of drug-likeness (QED) is 0.371. The molecule has 3 aromatic rings. The molecule has 0 aliphatic carbocycles. The molecular formula is C25H21Cl2FN4O4. The number of aromatic nitrogens is 2. The molecule has 2 aromatic carbocycles. The Morgan fingerprint density at radius 3 is 2.58 bits per heavy atom. The van der Waals surface area contributed by atoms with Crippen molar-refractivity contribution in [3.8, 4) is 23.4 Å². The van der Waals surface area contributed by atoms with E-state index in [1.165, 1.54) is 18.0 Å². The highest BCUT2D eigenvalue weighted by atomic mass is 35.5. The SMILES string of the molecule is CCC(=O)C(C#N)(Oc1cc(Oc2cnc3cc(Cl)ccc3n2)c(Cl)cc1F)C(=O)N1CCCCC1. The van der Waals surface area contributed by atoms with Crippen LogP contribution in [0.25, 0.3) is 11.0 Å². The van der Waals surface area contributed by atoms with Gasteiger partial charge in [-0.25, -0.2) is 14.4 Å². The van der Waals surface area contributed by atoms with Crippen molar-refractivity contribution in [1.82, 2.24) is 14.9 Å². The molecule has 1 amide bonds. The fourth-order valence-corrected chi connectivity index (χ4v) is 4.24. The average Bonchev–Trinajstić information content (AvgIpc) is 2.89. The maximum Gasteiger partial charge on any atom is 0.330 e. The first-order valence-corrected chi connectivity index (χ1v) is 12.0. The predicted octanol–water partition coefficient (Wildman–Crippen LogP) is 5.50. The number of ether oxygens (including phenoxy) is 2. The van der Waals surface area contributed by atoms with Crippen molar-refractivity contribution in [2.75, 3.05) is 13.1 Å². The number of nitrogens with zero attached hydrogens (tertiary/aromatic N) is 4. The number of fused-ring (bicyclic) bond motifs is 1. The number of likely N-dealkylation sites (tertiary alicyclic amines) is 1. The number of rotatable bonds is 7. The van der Waals surface area contributed by atoms with Crippen LogP contribution in [0.5, 0.6) is 17.4 Å². The van der Waals surface area contributed by atoms with Crippen molar-refractivity contribution < 1.29 is 23.5 Å². The molecule has 0 N–H and O–H groups in total. The molecule has 0 spiro atoms. The largest absolute Gasteiger partial charge is 0.453 e. The van der Waals surface area contributed by atoms with E-state index in [2.05, 4.69) is 9.97 Å². The number of amides is 1. The number of ketones is 1. The third-order valence-electron chi connectivity index (χ3n) is 5.76. The van der Waals surface area contributed by atoms with E-state index in [0.29, 0.717) is 29.1 Å². The summed E-state index contributed by atoms with van der Waals surface area (Å²) in [5.74, 6) is -3.13. The molecule has 1 aromatic heterocycles. The summed E-state index contributed by atoms with van der Waals surface area (Å²) in [5, 5.41) is 10.3. The highest BCUT2D eigenvalue weighted by Gasteiger charge is 2.51. The summed E-state index contributed by atoms with van der Waals surface area (Å²) in [6, 6.07) is 8.62. The van der Waals surface area contributed by atoms with Crippen LogP contribution in [0.2, 0.25) is 10.0 Å². The van der Waals surface area contributed by atoms with Gasteiger partial charge < -0.3 is 14.4 Å². The molecule has 11 heteroatoms. The number of piperidine rings is 1. The van der Waals surface area contributed by atoms with Gasteiger partial charge in [0.1, 0.15) is 6.07 Å². The maximum atomic E-state index is 14.9. The highest BCUT2D eigenvalue weighted by molar-refractivity contribution is 6.32. The minimum Gasteiger partial charge on any atom is -0.453 e. The van der Waals surface area contributed by atoms with Crippen molar-refractivity contribution in [3.63, 3.8) is 0 Å². The number of halogens is 3. The first-order valence-electron chi connectivity index (χ1n) is 11.3. The molecule has 1 saturated heterocycles. The highest BCUT2D eigenvalue weighted by Crippen LogP contribution is 2.37. The summed E-state index contributed by atoms with van der Waals surface area (Å²) in [7, 11) is 0. The molecule has 0 bridgehead atoms. The molecular weight excluding hydrogens is 510 g/mol. The van der Waals surface area contributed by atoms with E-state index >= 15 is 0 Å². The molecule has 1 aliphatic rings. The number of benzene rings is 2. The Morgan fingerprint density at radius 2 is 1.89 bits per heavy atom. The third-order valence-corrected chi connectivity index (χ3v) is 6.29. The Balaban J connectivity index is 1.68. The molecule has 1 aliphatic heterocycles. The van der Waals surface area contributed by atoms with Gasteiger partial charge in [0.15, 0.2) is 17.3 Å². The lowest BCUT2D eigenvalue weighted by atomic mass is 9.94. The lowest BCUT2D eigenvalue weighted by molar-refractivity contribution is -0.152. The van der Waals surface area contributed by atoms with Gasteiger partial charge in [-0.05, 0) is 37.5 Å². The second kappa shape index (κ2) is 10.6. The maximum absolute atomic E-state index is 14.9. The van der Waals surface area contributed by atoms with Crippen LogP contribution in [0.3, 0.4) is 0 Å². The summed E-state index contributed by atoms with van der Waals surface area (Å²) < 4.78 is 26.2. The summed E-state index contributed by atoms with van der Waals surface area (Å²) in [6.45, 7) is 2.26. The van der Waals surface area contributed by atoms with E-state index in [1.54, 1.807) is 24.3 Å². The van der Waals surface area contributed by atoms with Crippen LogP contribution in [-0.2, 0) is 9.59 Å². The molecule has 0 saturated carbocycles. The normalized spacial score (nSPS) is 15.1. The fourth-order valence-electron chi connectivity index (χ4n) is 3.88. The van der Waals surface area contributed by atoms with Crippen molar-refractivity contribution >= 4 is 45.9 Å². The van der Waals surface area contributed by atoms with Gasteiger partial charge >= 0.3 is 5.60 Å². The van der Waals surface area contributed by atoms with Gasteiger partial charge in [0.25, 0.3) is 5.91 Å². The fraction of sp³-hybridized carbons (Fsp3) is 0.320. The van der Waals surface area contributed by atoms with Crippen LogP contribution < -0.4 is 9.47 Å². The minimum absolute atomic E-state index is 0.0462. The van der Waals surface area contributed by atoms with Crippen molar-refractivity contribution in [3.05, 3.63) is 52.4 Å². The van der Waals surface area contributed by atoms with Crippen LogP contribution in [0, 0.1) is 17.1 Å². The molecule has 186 valence electrons. The third kappa shape index (κ3) is 5.06. The number of nitriles is 1. The molecule has 1 fully saturated rings. The summed E-state index contributed by atoms with van der Waals surface area (Å²) in [4.78, 5) is 36.1. The van der Waals surface area contributed by atoms with E-state index in [-0.39, 0.29) is 23.1 Å². The first-order chi connectivity index (χ1) is 17.3. The van der Waals surface area contributed by atoms with Gasteiger partial charge in [0.2, 0.25) is 11.7 Å². The summed E-state index contributed by atoms with van der Waals surface area (Å²) in [5.41, 5.74) is -1.51. The van der Waals surface area contributed by atoms with E-state index < -0.39 is 28.9 Å². The molecule has 2 heterocycles. The van der Waals surface area contributed by atoms with Crippen LogP contribution in [0.15, 0.2) is 36.5 Å². The van der Waals surface area contributed by atoms with E-state index in [4.69, 9.17) is 32.7 Å². The Morgan fingerprint density at radius 1 is 1.14 bits per heavy atom. The van der Waals surface area contributed by atoms with Gasteiger partial charge in [-0.3, -0.25) is 9.59 Å². The van der Waals surface area contributed by atoms with E-state index in [1.807, 2.05) is 0 Å². The zero-order valence-electron chi connectivity index (χ0n) is 19.3. The molecule has 36 heavy (non-hydrogen) atoms. The summed E-state index contributed by atoms with van der Waals surface area (Å²) in [6.07, 6.45) is 3.57. The van der Waals surface area contributed by atoms with Crippen LogP contribution in [-0.4, -0.2) is 45.2 Å². The molecule has 0 radical (unpaired) electrons. The molecule has 8 nitrogen and oxygen atoms in total. The number of Topliss-reactive ketones (excluding diaryl/α,β-unsaturated/α-hetero) is 1. The van der Waals surface area contributed by atoms with Crippen LogP contribution >= 0.6 is 23.2 Å². The number of hydrogen-bond donors (Lipinski definition) is 0. The average molecular weight is 531 g/mol. The Labute approximate surface area is 216 Å². The van der Waals surface area contributed by atoms with Crippen molar-refractivity contribution in [1.29, 1.82) is 5.26 Å². The van der Waals surface area contributed by atoms with E-state index in [0.717, 1.165) is 31.4 Å². The zero-order chi connectivity index (χ0) is 25.9. The lowest BCUT2D eigenvalue weighted by Crippen LogP contribution is -2.58. The van der Waals surface area contributed by atoms with Crippen molar-refractivity contribution in [2.24, 2.45) is 0 Å². The van der Waals surface area contributed by atoms with Gasteiger partial charge in [0.05, 0.1) is 22.3 Å². The molecule has 1 unspecified atom stereocenters. The minimum atomic E-state index is -2.54. The second-order valence-corrected chi connectivity index (χ2v) is 9.02. The zero-order valence-corrected chi connectivity index (χ0v) is 20.8. The molecule has 1 atom stereocenters. The number of carbonyl (C=O) groups is 2. The lowest BCUT2D eigenvalue weighted by Gasteiger charge is -2.33. The Bertz CT molecular complexity index is 1370. The number of carbonyl (C=O) groups excluding carboxylic acids is 2. The Kier molecular flexibility index (Phi) is 7.57. The monoisotopic (exact) mass is 530 g/mol. The second-order valence-electron chi connectivity index (χ2n) is 8.18. The molecule has 4 rings (SSSR count). The van der Waals surface area contributed by atoms with Gasteiger partial charge in [-0.2, -0.15) is 5.26 Å². The predicted molar refractivity (Wildman–Crippen MR) is 131 cm³/mol. The topological polar surface area (TPSA) is 105 Å². The first kappa shape index (κ1) is 25.6. The smallest absolute Gasteiger partial charge is 0.330 e. The summed E-state index contributed by atoms with van der Waals surface area (Å²) >= 11 is 12.1. The van der Waals surface area contributed by atoms with E-state index in [9.17, 15) is 19.2 Å². The number of hydrogen-bond acceptors (Lipinski definition) is 7. The van der Waals surface area contributed by atoms with Crippen molar-refractivity contribution in [2.45, 2.75) is 38.2 Å². The van der Waals surface area contributed by atoms with Gasteiger partial charge in [-0.15, -0.1) is 0 Å². The van der Waals surface area contributed by atoms with Crippen LogP contribution in [0.4, 0.5) is 4.39 Å². The van der Waals surface area contributed by atoms with Gasteiger partial charge in [0, 0.05) is 36.7 Å². The Hall–Kier alpha value is -3.48.